The summed E-state index contributed by atoms with van der Waals surface area (Å²) in [5.41, 5.74) is 3.71. The Morgan fingerprint density at radius 2 is 1.74 bits per heavy atom. The molecule has 31 heavy (non-hydrogen) atoms. The van der Waals surface area contributed by atoms with Crippen LogP contribution in [0.25, 0.3) is 21.9 Å². The predicted octanol–water partition coefficient (Wildman–Crippen LogP) is 5.43. The van der Waals surface area contributed by atoms with Gasteiger partial charge < -0.3 is 4.57 Å². The van der Waals surface area contributed by atoms with Gasteiger partial charge in [-0.05, 0) is 47.9 Å². The molecule has 0 amide bonds. The molecule has 4 nitrogen and oxygen atoms in total. The standard InChI is InChI=1S/C25H19ClFN3O/c26-19-8-4-7-18(13-19)15-30-22-10-9-20(27)14-21(22)23-24(30)25(31)29(16-28-23)12-11-17-5-2-1-3-6-17/h1-10,13-14,16H,11-12,15H2. The SMILES string of the molecule is O=c1c2c(ncn1CCc1ccccc1)c1cc(F)ccc1n2Cc1cccc(Cl)c1. The van der Waals surface area contributed by atoms with Crippen molar-refractivity contribution in [2.75, 3.05) is 0 Å². The summed E-state index contributed by atoms with van der Waals surface area (Å²) in [4.78, 5) is 18.0. The maximum Gasteiger partial charge on any atom is 0.277 e. The van der Waals surface area contributed by atoms with Gasteiger partial charge in [-0.25, -0.2) is 9.37 Å². The van der Waals surface area contributed by atoms with Crippen molar-refractivity contribution in [3.8, 4) is 0 Å². The van der Waals surface area contributed by atoms with Crippen molar-refractivity contribution in [3.05, 3.63) is 111 Å². The topological polar surface area (TPSA) is 39.8 Å². The molecule has 2 heterocycles. The molecule has 0 radical (unpaired) electrons. The Kier molecular flexibility index (Phi) is 5.04. The molecule has 154 valence electrons. The minimum atomic E-state index is -0.357. The Labute approximate surface area is 183 Å². The lowest BCUT2D eigenvalue weighted by atomic mass is 10.1. The Hall–Kier alpha value is -3.44. The zero-order valence-electron chi connectivity index (χ0n) is 16.6. The van der Waals surface area contributed by atoms with E-state index in [1.54, 1.807) is 17.0 Å². The quantitative estimate of drug-likeness (QED) is 0.372. The highest BCUT2D eigenvalue weighted by atomic mass is 35.5. The molecule has 5 aromatic rings. The summed E-state index contributed by atoms with van der Waals surface area (Å²) in [7, 11) is 0. The zero-order valence-corrected chi connectivity index (χ0v) is 17.4. The van der Waals surface area contributed by atoms with E-state index in [0.29, 0.717) is 34.5 Å². The first kappa shape index (κ1) is 19.5. The number of aromatic nitrogens is 3. The summed E-state index contributed by atoms with van der Waals surface area (Å²) >= 11 is 6.16. The van der Waals surface area contributed by atoms with Gasteiger partial charge in [0, 0.05) is 23.5 Å². The van der Waals surface area contributed by atoms with Crippen LogP contribution >= 0.6 is 11.6 Å². The van der Waals surface area contributed by atoms with Crippen molar-refractivity contribution in [1.29, 1.82) is 0 Å². The summed E-state index contributed by atoms with van der Waals surface area (Å²) in [6.45, 7) is 0.949. The van der Waals surface area contributed by atoms with E-state index in [1.165, 1.54) is 12.1 Å². The highest BCUT2D eigenvalue weighted by Gasteiger charge is 2.17. The van der Waals surface area contributed by atoms with Crippen LogP contribution in [0.3, 0.4) is 0 Å². The zero-order chi connectivity index (χ0) is 21.4. The van der Waals surface area contributed by atoms with E-state index in [9.17, 15) is 9.18 Å². The fourth-order valence-electron chi connectivity index (χ4n) is 4.01. The lowest BCUT2D eigenvalue weighted by molar-refractivity contribution is 0.629. The van der Waals surface area contributed by atoms with Crippen LogP contribution in [0.1, 0.15) is 11.1 Å². The predicted molar refractivity (Wildman–Crippen MR) is 122 cm³/mol. The maximum absolute atomic E-state index is 14.0. The van der Waals surface area contributed by atoms with Crippen LogP contribution in [0.5, 0.6) is 0 Å². The Bertz CT molecular complexity index is 1460. The Morgan fingerprint density at radius 1 is 0.935 bits per heavy atom. The summed E-state index contributed by atoms with van der Waals surface area (Å²) < 4.78 is 17.5. The van der Waals surface area contributed by atoms with Gasteiger partial charge in [0.15, 0.2) is 0 Å². The van der Waals surface area contributed by atoms with E-state index in [4.69, 9.17) is 11.6 Å². The van der Waals surface area contributed by atoms with Crippen LogP contribution < -0.4 is 5.56 Å². The molecule has 0 N–H and O–H groups in total. The van der Waals surface area contributed by atoms with Crippen molar-refractivity contribution < 1.29 is 4.39 Å². The molecule has 0 aliphatic rings. The molecular formula is C25H19ClFN3O. The smallest absolute Gasteiger partial charge is 0.277 e. The van der Waals surface area contributed by atoms with Crippen LogP contribution in [-0.4, -0.2) is 14.1 Å². The molecule has 0 saturated carbocycles. The second-order valence-corrected chi connectivity index (χ2v) is 7.99. The van der Waals surface area contributed by atoms with Crippen molar-refractivity contribution in [2.24, 2.45) is 0 Å². The maximum atomic E-state index is 14.0. The fourth-order valence-corrected chi connectivity index (χ4v) is 4.22. The van der Waals surface area contributed by atoms with Crippen LogP contribution in [0.15, 0.2) is 83.9 Å². The number of benzene rings is 3. The van der Waals surface area contributed by atoms with Crippen LogP contribution in [-0.2, 0) is 19.5 Å². The van der Waals surface area contributed by atoms with Gasteiger partial charge in [0.2, 0.25) is 0 Å². The number of halogens is 2. The third kappa shape index (κ3) is 3.73. The molecule has 6 heteroatoms. The molecule has 2 aromatic heterocycles. The molecule has 0 bridgehead atoms. The van der Waals surface area contributed by atoms with Gasteiger partial charge in [0.05, 0.1) is 11.8 Å². The molecule has 0 fully saturated rings. The van der Waals surface area contributed by atoms with E-state index in [0.717, 1.165) is 23.1 Å². The third-order valence-corrected chi connectivity index (χ3v) is 5.74. The molecule has 0 aliphatic heterocycles. The van der Waals surface area contributed by atoms with E-state index in [1.807, 2.05) is 59.2 Å². The normalized spacial score (nSPS) is 11.4. The van der Waals surface area contributed by atoms with Gasteiger partial charge in [-0.2, -0.15) is 0 Å². The van der Waals surface area contributed by atoms with Crippen LogP contribution in [0, 0.1) is 5.82 Å². The monoisotopic (exact) mass is 431 g/mol. The Balaban J connectivity index is 1.66. The summed E-state index contributed by atoms with van der Waals surface area (Å²) in [5, 5.41) is 1.26. The van der Waals surface area contributed by atoms with Crippen molar-refractivity contribution in [1.82, 2.24) is 14.1 Å². The van der Waals surface area contributed by atoms with Gasteiger partial charge in [0.25, 0.3) is 5.56 Å². The minimum absolute atomic E-state index is 0.139. The molecular weight excluding hydrogens is 413 g/mol. The van der Waals surface area contributed by atoms with Crippen LogP contribution in [0.4, 0.5) is 4.39 Å². The van der Waals surface area contributed by atoms with Crippen LogP contribution in [0.2, 0.25) is 5.02 Å². The van der Waals surface area contributed by atoms with Gasteiger partial charge in [-0.3, -0.25) is 9.36 Å². The first-order chi connectivity index (χ1) is 15.1. The van der Waals surface area contributed by atoms with E-state index < -0.39 is 0 Å². The summed E-state index contributed by atoms with van der Waals surface area (Å²) in [6, 6.07) is 22.1. The molecule has 0 spiro atoms. The van der Waals surface area contributed by atoms with Gasteiger partial charge in [-0.1, -0.05) is 54.1 Å². The van der Waals surface area contributed by atoms with Crippen molar-refractivity contribution in [2.45, 2.75) is 19.5 Å². The lowest BCUT2D eigenvalue weighted by Gasteiger charge is -2.10. The van der Waals surface area contributed by atoms with Gasteiger partial charge >= 0.3 is 0 Å². The second-order valence-electron chi connectivity index (χ2n) is 7.55. The minimum Gasteiger partial charge on any atom is -0.330 e. The van der Waals surface area contributed by atoms with E-state index >= 15 is 0 Å². The van der Waals surface area contributed by atoms with Gasteiger partial charge in [-0.15, -0.1) is 0 Å². The first-order valence-corrected chi connectivity index (χ1v) is 10.4. The molecule has 0 aliphatic carbocycles. The summed E-state index contributed by atoms with van der Waals surface area (Å²) in [5.74, 6) is -0.357. The molecule has 0 saturated heterocycles. The molecule has 0 atom stereocenters. The second kappa shape index (κ2) is 8.00. The number of hydrogen-bond acceptors (Lipinski definition) is 2. The molecule has 5 rings (SSSR count). The number of rotatable bonds is 5. The lowest BCUT2D eigenvalue weighted by Crippen LogP contribution is -2.23. The number of aryl methyl sites for hydroxylation is 2. The van der Waals surface area contributed by atoms with Crippen molar-refractivity contribution in [3.63, 3.8) is 0 Å². The van der Waals surface area contributed by atoms with E-state index in [-0.39, 0.29) is 11.4 Å². The number of fused-ring (bicyclic) bond motifs is 3. The first-order valence-electron chi connectivity index (χ1n) is 10.1. The number of hydrogen-bond donors (Lipinski definition) is 0. The van der Waals surface area contributed by atoms with Gasteiger partial charge in [0.1, 0.15) is 16.9 Å². The average molecular weight is 432 g/mol. The Morgan fingerprint density at radius 3 is 2.55 bits per heavy atom. The fraction of sp³-hybridized carbons (Fsp3) is 0.120. The third-order valence-electron chi connectivity index (χ3n) is 5.50. The highest BCUT2D eigenvalue weighted by Crippen LogP contribution is 2.27. The molecule has 3 aromatic carbocycles. The largest absolute Gasteiger partial charge is 0.330 e. The van der Waals surface area contributed by atoms with Crippen molar-refractivity contribution >= 4 is 33.5 Å². The average Bonchev–Trinajstić information content (AvgIpc) is 3.07. The summed E-state index contributed by atoms with van der Waals surface area (Å²) in [6.07, 6.45) is 2.28. The van der Waals surface area contributed by atoms with E-state index in [2.05, 4.69) is 4.98 Å². The number of nitrogens with zero attached hydrogens (tertiary/aromatic N) is 3. The highest BCUT2D eigenvalue weighted by molar-refractivity contribution is 6.30. The molecule has 0 unspecified atom stereocenters.